The van der Waals surface area contributed by atoms with Gasteiger partial charge in [-0.25, -0.2) is 0 Å². The van der Waals surface area contributed by atoms with Crippen LogP contribution in [0.3, 0.4) is 0 Å². The summed E-state index contributed by atoms with van der Waals surface area (Å²) in [4.78, 5) is 0. The Hall–Kier alpha value is -2.85. The largest absolute Gasteiger partial charge is 0.192 e. The number of allylic oxidation sites excluding steroid dienone is 1. The predicted molar refractivity (Wildman–Crippen MR) is 83.9 cm³/mol. The molecule has 0 aliphatic heterocycles. The second kappa shape index (κ2) is 5.42. The van der Waals surface area contributed by atoms with Crippen LogP contribution in [0, 0.1) is 11.3 Å². The summed E-state index contributed by atoms with van der Waals surface area (Å²) in [6.45, 7) is 0. The third-order valence-corrected chi connectivity index (χ3v) is 3.33. The van der Waals surface area contributed by atoms with Crippen molar-refractivity contribution in [2.75, 3.05) is 0 Å². The molecule has 1 nitrogen and oxygen atoms in total. The molecule has 3 rings (SSSR count). The zero-order valence-corrected chi connectivity index (χ0v) is 11.0. The van der Waals surface area contributed by atoms with E-state index in [2.05, 4.69) is 24.3 Å². The standard InChI is InChI=1S/C19H13N/c20-14-18(15-7-2-1-3-8-15)13-17-11-6-10-16-9-4-5-12-19(16)17/h1-13H. The molecule has 0 N–H and O–H groups in total. The van der Waals surface area contributed by atoms with Crippen molar-refractivity contribution in [3.8, 4) is 6.07 Å². The fourth-order valence-corrected chi connectivity index (χ4v) is 2.33. The zero-order chi connectivity index (χ0) is 13.8. The molecule has 0 aliphatic rings. The molecule has 0 amide bonds. The lowest BCUT2D eigenvalue weighted by Crippen LogP contribution is -1.83. The number of fused-ring (bicyclic) bond motifs is 1. The van der Waals surface area contributed by atoms with E-state index in [1.165, 1.54) is 10.8 Å². The second-order valence-electron chi connectivity index (χ2n) is 4.60. The van der Waals surface area contributed by atoms with Crippen molar-refractivity contribution in [1.82, 2.24) is 0 Å². The molecule has 0 atom stereocenters. The molecule has 1 heteroatoms. The van der Waals surface area contributed by atoms with Gasteiger partial charge >= 0.3 is 0 Å². The van der Waals surface area contributed by atoms with Crippen LogP contribution in [0.25, 0.3) is 22.4 Å². The van der Waals surface area contributed by atoms with E-state index in [0.29, 0.717) is 5.57 Å². The summed E-state index contributed by atoms with van der Waals surface area (Å²) >= 11 is 0. The smallest absolute Gasteiger partial charge is 0.0998 e. The molecule has 0 radical (unpaired) electrons. The van der Waals surface area contributed by atoms with Gasteiger partial charge in [0.15, 0.2) is 0 Å². The van der Waals surface area contributed by atoms with E-state index in [1.807, 2.05) is 60.7 Å². The molecule has 0 fully saturated rings. The molecular formula is C19H13N. The minimum absolute atomic E-state index is 0.682. The van der Waals surface area contributed by atoms with Crippen LogP contribution in [0.2, 0.25) is 0 Å². The Kier molecular flexibility index (Phi) is 3.31. The molecule has 0 aromatic heterocycles. The molecule has 0 saturated carbocycles. The Morgan fingerprint density at radius 3 is 2.30 bits per heavy atom. The summed E-state index contributed by atoms with van der Waals surface area (Å²) in [5.74, 6) is 0. The van der Waals surface area contributed by atoms with Gasteiger partial charge in [0.25, 0.3) is 0 Å². The van der Waals surface area contributed by atoms with Gasteiger partial charge in [0.1, 0.15) is 0 Å². The van der Waals surface area contributed by atoms with Crippen LogP contribution < -0.4 is 0 Å². The molecule has 3 aromatic rings. The van der Waals surface area contributed by atoms with Crippen molar-refractivity contribution >= 4 is 22.4 Å². The molecule has 0 heterocycles. The van der Waals surface area contributed by atoms with Crippen LogP contribution in [0.15, 0.2) is 72.8 Å². The first-order chi connectivity index (χ1) is 9.88. The summed E-state index contributed by atoms with van der Waals surface area (Å²) in [6.07, 6.45) is 1.96. The highest BCUT2D eigenvalue weighted by atomic mass is 14.2. The first kappa shape index (κ1) is 12.2. The lowest BCUT2D eigenvalue weighted by molar-refractivity contribution is 1.52. The average Bonchev–Trinajstić information content (AvgIpc) is 2.53. The fourth-order valence-electron chi connectivity index (χ4n) is 2.33. The van der Waals surface area contributed by atoms with Gasteiger partial charge in [0.2, 0.25) is 0 Å². The molecule has 0 bridgehead atoms. The highest BCUT2D eigenvalue weighted by Gasteiger charge is 2.02. The Bertz CT molecular complexity index is 803. The Labute approximate surface area is 118 Å². The van der Waals surface area contributed by atoms with Gasteiger partial charge in [-0.3, -0.25) is 0 Å². The number of benzene rings is 3. The van der Waals surface area contributed by atoms with Gasteiger partial charge in [0.05, 0.1) is 11.6 Å². The zero-order valence-electron chi connectivity index (χ0n) is 11.0. The minimum Gasteiger partial charge on any atom is -0.192 e. The van der Waals surface area contributed by atoms with Crippen LogP contribution in [0.1, 0.15) is 11.1 Å². The van der Waals surface area contributed by atoms with Crippen molar-refractivity contribution in [1.29, 1.82) is 5.26 Å². The third kappa shape index (κ3) is 2.32. The van der Waals surface area contributed by atoms with E-state index in [-0.39, 0.29) is 0 Å². The van der Waals surface area contributed by atoms with Crippen molar-refractivity contribution in [3.05, 3.63) is 83.9 Å². The monoisotopic (exact) mass is 255 g/mol. The summed E-state index contributed by atoms with van der Waals surface area (Å²) in [5, 5.41) is 11.7. The van der Waals surface area contributed by atoms with Gasteiger partial charge in [-0.1, -0.05) is 72.8 Å². The Morgan fingerprint density at radius 2 is 1.50 bits per heavy atom. The average molecular weight is 255 g/mol. The van der Waals surface area contributed by atoms with E-state index in [0.717, 1.165) is 11.1 Å². The number of nitrogens with zero attached hydrogens (tertiary/aromatic N) is 1. The Balaban J connectivity index is 2.16. The van der Waals surface area contributed by atoms with Crippen LogP contribution >= 0.6 is 0 Å². The van der Waals surface area contributed by atoms with Crippen LogP contribution in [-0.2, 0) is 0 Å². The third-order valence-electron chi connectivity index (χ3n) is 3.33. The van der Waals surface area contributed by atoms with Gasteiger partial charge in [0, 0.05) is 0 Å². The summed E-state index contributed by atoms with van der Waals surface area (Å²) in [7, 11) is 0. The van der Waals surface area contributed by atoms with Gasteiger partial charge in [-0.05, 0) is 28.0 Å². The van der Waals surface area contributed by atoms with Gasteiger partial charge < -0.3 is 0 Å². The van der Waals surface area contributed by atoms with E-state index in [4.69, 9.17) is 0 Å². The molecule has 0 spiro atoms. The number of rotatable bonds is 2. The maximum Gasteiger partial charge on any atom is 0.0998 e. The van der Waals surface area contributed by atoms with E-state index < -0.39 is 0 Å². The first-order valence-electron chi connectivity index (χ1n) is 6.53. The fraction of sp³-hybridized carbons (Fsp3) is 0. The number of nitriles is 1. The molecule has 0 unspecified atom stereocenters. The predicted octanol–water partition coefficient (Wildman–Crippen LogP) is 4.90. The minimum atomic E-state index is 0.682. The second-order valence-corrected chi connectivity index (χ2v) is 4.60. The van der Waals surface area contributed by atoms with Gasteiger partial charge in [-0.2, -0.15) is 5.26 Å². The molecular weight excluding hydrogens is 242 g/mol. The molecule has 0 aliphatic carbocycles. The lowest BCUT2D eigenvalue weighted by Gasteiger charge is -2.03. The number of hydrogen-bond acceptors (Lipinski definition) is 1. The number of hydrogen-bond donors (Lipinski definition) is 0. The van der Waals surface area contributed by atoms with Crippen molar-refractivity contribution in [2.45, 2.75) is 0 Å². The molecule has 94 valence electrons. The summed E-state index contributed by atoms with van der Waals surface area (Å²) in [6, 6.07) is 26.4. The van der Waals surface area contributed by atoms with Crippen molar-refractivity contribution in [3.63, 3.8) is 0 Å². The highest BCUT2D eigenvalue weighted by Crippen LogP contribution is 2.23. The normalized spacial score (nSPS) is 11.2. The van der Waals surface area contributed by atoms with Gasteiger partial charge in [-0.15, -0.1) is 0 Å². The first-order valence-corrected chi connectivity index (χ1v) is 6.53. The van der Waals surface area contributed by atoms with Crippen molar-refractivity contribution in [2.24, 2.45) is 0 Å². The summed E-state index contributed by atoms with van der Waals surface area (Å²) < 4.78 is 0. The van der Waals surface area contributed by atoms with Crippen LogP contribution in [-0.4, -0.2) is 0 Å². The Morgan fingerprint density at radius 1 is 0.800 bits per heavy atom. The lowest BCUT2D eigenvalue weighted by atomic mass is 10.00. The SMILES string of the molecule is N#CC(=Cc1cccc2ccccc12)c1ccccc1. The van der Waals surface area contributed by atoms with Crippen LogP contribution in [0.5, 0.6) is 0 Å². The topological polar surface area (TPSA) is 23.8 Å². The van der Waals surface area contributed by atoms with Crippen LogP contribution in [0.4, 0.5) is 0 Å². The molecule has 3 aromatic carbocycles. The maximum atomic E-state index is 9.39. The van der Waals surface area contributed by atoms with E-state index in [9.17, 15) is 5.26 Å². The summed E-state index contributed by atoms with van der Waals surface area (Å²) in [5.41, 5.74) is 2.70. The van der Waals surface area contributed by atoms with Crippen molar-refractivity contribution < 1.29 is 0 Å². The molecule has 20 heavy (non-hydrogen) atoms. The molecule has 0 saturated heterocycles. The van der Waals surface area contributed by atoms with E-state index >= 15 is 0 Å². The highest BCUT2D eigenvalue weighted by molar-refractivity contribution is 5.98. The quantitative estimate of drug-likeness (QED) is 0.471. The van der Waals surface area contributed by atoms with E-state index in [1.54, 1.807) is 0 Å². The maximum absolute atomic E-state index is 9.39.